The van der Waals surface area contributed by atoms with Crippen LogP contribution in [0.15, 0.2) is 0 Å². The summed E-state index contributed by atoms with van der Waals surface area (Å²) in [7, 11) is 0. The predicted molar refractivity (Wildman–Crippen MR) is 54.2 cm³/mol. The minimum atomic E-state index is -1.83. The van der Waals surface area contributed by atoms with Gasteiger partial charge < -0.3 is 49.2 Å². The Balaban J connectivity index is -0.00000001000. The largest absolute Gasteiger partial charge is 2.00 e. The van der Waals surface area contributed by atoms with Crippen LogP contribution in [0.2, 0.25) is 0 Å². The maximum atomic E-state index is 8.56. The summed E-state index contributed by atoms with van der Waals surface area (Å²) in [6, 6.07) is 0. The fourth-order valence-corrected chi connectivity index (χ4v) is 0. The van der Waals surface area contributed by atoms with Crippen molar-refractivity contribution in [2.45, 2.75) is 0 Å². The first-order chi connectivity index (χ1) is 6.93. The Morgan fingerprint density at radius 2 is 0.500 bits per heavy atom. The summed E-state index contributed by atoms with van der Waals surface area (Å²) in [5.41, 5.74) is 0. The molecule has 0 amide bonds. The van der Waals surface area contributed by atoms with E-state index < -0.39 is 24.6 Å². The van der Waals surface area contributed by atoms with Crippen LogP contribution in [0.5, 0.6) is 0 Å². The number of rotatable bonds is 0. The summed E-state index contributed by atoms with van der Waals surface area (Å²) >= 11 is 0. The van der Waals surface area contributed by atoms with Gasteiger partial charge in [0.05, 0.1) is 0 Å². The van der Waals surface area contributed by atoms with Gasteiger partial charge in [0, 0.05) is 34.1 Å². The van der Waals surface area contributed by atoms with Gasteiger partial charge in [0.1, 0.15) is 0 Å². The van der Waals surface area contributed by atoms with E-state index in [0.717, 1.165) is 0 Å². The molecule has 0 unspecified atom stereocenters. The van der Waals surface area contributed by atoms with E-state index in [1.807, 2.05) is 0 Å². The third kappa shape index (κ3) is 10600. The van der Waals surface area contributed by atoms with Crippen molar-refractivity contribution in [3.63, 3.8) is 0 Å². The molecule has 124 valence electrons. The van der Waals surface area contributed by atoms with E-state index in [1.165, 1.54) is 0 Å². The monoisotopic (exact) mass is 420 g/mol. The molecular weight excluding hydrogens is 408 g/mol. The molecule has 0 radical (unpaired) electrons. The second kappa shape index (κ2) is 42.9. The SMILES string of the molecule is O.O=C(O)O.O=C(O)O.O=C(O)O.O=C(O)O.[Ca+2].[Fe].[Fe].[H-].[H-]. The van der Waals surface area contributed by atoms with Gasteiger partial charge in [-0.05, 0) is 0 Å². The van der Waals surface area contributed by atoms with Crippen molar-refractivity contribution in [2.24, 2.45) is 0 Å². The molecule has 0 bridgehead atoms. The molecule has 0 fully saturated rings. The second-order valence-corrected chi connectivity index (χ2v) is 1.13. The number of hydrogen-bond acceptors (Lipinski definition) is 4. The average molecular weight is 420 g/mol. The van der Waals surface area contributed by atoms with Crippen LogP contribution in [0.25, 0.3) is 0 Å². The van der Waals surface area contributed by atoms with Gasteiger partial charge in [-0.25, -0.2) is 19.2 Å². The van der Waals surface area contributed by atoms with Crippen LogP contribution in [0.4, 0.5) is 19.2 Å². The Bertz CT molecular complexity index is 178. The van der Waals surface area contributed by atoms with Crippen LogP contribution < -0.4 is 0 Å². The minimum absolute atomic E-state index is 0. The van der Waals surface area contributed by atoms with Crippen LogP contribution in [-0.2, 0) is 34.1 Å². The molecule has 0 aliphatic rings. The maximum Gasteiger partial charge on any atom is 2.00 e. The zero-order chi connectivity index (χ0) is 14.3. The topological polar surface area (TPSA) is 262 Å². The number of hydrogen-bond donors (Lipinski definition) is 8. The second-order valence-electron chi connectivity index (χ2n) is 1.13. The Kier molecular flexibility index (Phi) is 108. The Labute approximate surface area is 164 Å². The first-order valence-corrected chi connectivity index (χ1v) is 2.61. The van der Waals surface area contributed by atoms with E-state index in [9.17, 15) is 0 Å². The molecule has 0 saturated heterocycles. The molecule has 0 atom stereocenters. The van der Waals surface area contributed by atoms with Gasteiger partial charge in [-0.3, -0.25) is 0 Å². The Hall–Kier alpha value is -0.661. The van der Waals surface area contributed by atoms with Crippen molar-refractivity contribution < 1.29 is 102 Å². The van der Waals surface area contributed by atoms with Crippen molar-refractivity contribution in [3.8, 4) is 0 Å². The van der Waals surface area contributed by atoms with E-state index in [2.05, 4.69) is 0 Å². The smallest absolute Gasteiger partial charge is 1.00 e. The Morgan fingerprint density at radius 1 is 0.500 bits per heavy atom. The van der Waals surface area contributed by atoms with Crippen molar-refractivity contribution >= 4 is 62.4 Å². The van der Waals surface area contributed by atoms with Crippen LogP contribution in [-0.4, -0.2) is 109 Å². The van der Waals surface area contributed by atoms with Gasteiger partial charge in [0.25, 0.3) is 0 Å². The number of carbonyl (C=O) groups is 4. The first-order valence-electron chi connectivity index (χ1n) is 2.61. The summed E-state index contributed by atoms with van der Waals surface area (Å²) in [5.74, 6) is 0. The van der Waals surface area contributed by atoms with Gasteiger partial charge in [0.15, 0.2) is 0 Å². The standard InChI is InChI=1S/4CH2O3.Ca.2Fe.H2O.2H/c4*2-1(3)4;;;;;;/h4*(H2,2,3,4);;;;1H2;;/q;;;;+2;;;;2*-1. The normalized spacial score (nSPS) is 4.80. The first kappa shape index (κ1) is 50.6. The third-order valence-electron chi connectivity index (χ3n) is 0. The zero-order valence-corrected chi connectivity index (χ0v) is 13.5. The van der Waals surface area contributed by atoms with Gasteiger partial charge in [-0.1, -0.05) is 0 Å². The van der Waals surface area contributed by atoms with Crippen molar-refractivity contribution in [1.29, 1.82) is 0 Å². The van der Waals surface area contributed by atoms with Crippen LogP contribution in [0.1, 0.15) is 2.85 Å². The third-order valence-corrected chi connectivity index (χ3v) is 0. The molecule has 10 N–H and O–H groups in total. The average Bonchev–Trinajstić information content (AvgIpc) is 1.76. The Morgan fingerprint density at radius 3 is 0.500 bits per heavy atom. The van der Waals surface area contributed by atoms with Crippen molar-refractivity contribution in [3.05, 3.63) is 0 Å². The van der Waals surface area contributed by atoms with E-state index in [-0.39, 0.29) is 80.2 Å². The molecule has 0 aliphatic carbocycles. The molecule has 0 aromatic carbocycles. The van der Waals surface area contributed by atoms with Gasteiger partial charge >= 0.3 is 62.4 Å². The number of carboxylic acid groups (broad SMARTS) is 8. The van der Waals surface area contributed by atoms with E-state index in [1.54, 1.807) is 0 Å². The molecule has 0 saturated carbocycles. The quantitative estimate of drug-likeness (QED) is 0.239. The van der Waals surface area contributed by atoms with Crippen molar-refractivity contribution in [1.82, 2.24) is 0 Å². The molecule has 0 aromatic heterocycles. The maximum absolute atomic E-state index is 8.56. The summed E-state index contributed by atoms with van der Waals surface area (Å²) in [4.78, 5) is 34.2. The van der Waals surface area contributed by atoms with Gasteiger partial charge in [-0.2, -0.15) is 0 Å². The molecule has 0 spiro atoms. The van der Waals surface area contributed by atoms with E-state index in [4.69, 9.17) is 60.0 Å². The van der Waals surface area contributed by atoms with Gasteiger partial charge in [0.2, 0.25) is 0 Å². The fourth-order valence-electron chi connectivity index (χ4n) is 0. The predicted octanol–water partition coefficient (Wildman–Crippen LogP) is -0.0959. The van der Waals surface area contributed by atoms with Crippen LogP contribution in [0, 0.1) is 0 Å². The fraction of sp³-hybridized carbons (Fsp3) is 0. The van der Waals surface area contributed by atoms with Gasteiger partial charge in [-0.15, -0.1) is 0 Å². The molecular formula is C4H12CaFe2O13. The molecule has 20 heavy (non-hydrogen) atoms. The summed E-state index contributed by atoms with van der Waals surface area (Å²) < 4.78 is 0. The molecule has 13 nitrogen and oxygen atoms in total. The molecule has 0 rings (SSSR count). The van der Waals surface area contributed by atoms with Crippen LogP contribution in [0.3, 0.4) is 0 Å². The van der Waals surface area contributed by atoms with E-state index in [0.29, 0.717) is 0 Å². The summed E-state index contributed by atoms with van der Waals surface area (Å²) in [6.07, 6.45) is -7.33. The molecule has 0 aromatic rings. The summed E-state index contributed by atoms with van der Waals surface area (Å²) in [6.45, 7) is 0. The molecule has 0 aliphatic heterocycles. The molecule has 16 heteroatoms. The zero-order valence-electron chi connectivity index (χ0n) is 11.1. The minimum Gasteiger partial charge on any atom is -1.00 e. The molecule has 0 heterocycles. The van der Waals surface area contributed by atoms with Crippen molar-refractivity contribution in [2.75, 3.05) is 0 Å². The summed E-state index contributed by atoms with van der Waals surface area (Å²) in [5, 5.41) is 55.8. The van der Waals surface area contributed by atoms with Crippen LogP contribution >= 0.6 is 0 Å². The van der Waals surface area contributed by atoms with E-state index >= 15 is 0 Å².